The van der Waals surface area contributed by atoms with Gasteiger partial charge in [-0.3, -0.25) is 24.0 Å². The lowest BCUT2D eigenvalue weighted by Crippen LogP contribution is -2.59. The van der Waals surface area contributed by atoms with Gasteiger partial charge >= 0.3 is 11.9 Å². The van der Waals surface area contributed by atoms with Crippen molar-refractivity contribution in [3.63, 3.8) is 0 Å². The van der Waals surface area contributed by atoms with E-state index in [0.717, 1.165) is 16.5 Å². The summed E-state index contributed by atoms with van der Waals surface area (Å²) in [4.78, 5) is 76.0. The second-order valence-electron chi connectivity index (χ2n) is 9.61. The number of rotatable bonds is 16. The van der Waals surface area contributed by atoms with Gasteiger partial charge in [0.25, 0.3) is 0 Å². The van der Waals surface area contributed by atoms with Gasteiger partial charge in [-0.05, 0) is 30.4 Å². The molecule has 218 valence electrons. The zero-order valence-corrected chi connectivity index (χ0v) is 22.3. The minimum Gasteiger partial charge on any atom is -0.481 e. The van der Waals surface area contributed by atoms with Gasteiger partial charge in [-0.2, -0.15) is 0 Å². The molecule has 14 nitrogen and oxygen atoms in total. The molecule has 4 amide bonds. The molecule has 2 rings (SSSR count). The number of primary amides is 1. The predicted octanol–water partition coefficient (Wildman–Crippen LogP) is -0.637. The molecule has 5 atom stereocenters. The first-order chi connectivity index (χ1) is 18.8. The van der Waals surface area contributed by atoms with Crippen molar-refractivity contribution in [2.24, 2.45) is 17.4 Å². The van der Waals surface area contributed by atoms with Crippen molar-refractivity contribution in [3.05, 3.63) is 36.0 Å². The maximum Gasteiger partial charge on any atom is 0.326 e. The molecule has 5 unspecified atom stereocenters. The van der Waals surface area contributed by atoms with Gasteiger partial charge in [0.2, 0.25) is 23.6 Å². The summed E-state index contributed by atoms with van der Waals surface area (Å²) in [7, 11) is 0. The number of H-pyrrole nitrogens is 1. The van der Waals surface area contributed by atoms with Gasteiger partial charge in [0, 0.05) is 23.5 Å². The summed E-state index contributed by atoms with van der Waals surface area (Å²) in [6, 6.07) is 2.21. The highest BCUT2D eigenvalue weighted by Crippen LogP contribution is 2.19. The normalized spacial score (nSPS) is 14.8. The molecular formula is C26H36N6O8. The Hall–Kier alpha value is -4.46. The second-order valence-corrected chi connectivity index (χ2v) is 9.61. The van der Waals surface area contributed by atoms with Crippen molar-refractivity contribution < 1.29 is 39.0 Å². The number of hydrogen-bond donors (Lipinski definition) is 8. The average Bonchev–Trinajstić information content (AvgIpc) is 3.30. The van der Waals surface area contributed by atoms with Gasteiger partial charge in [-0.25, -0.2) is 4.79 Å². The van der Waals surface area contributed by atoms with Crippen LogP contribution in [0.3, 0.4) is 0 Å². The second kappa shape index (κ2) is 14.6. The van der Waals surface area contributed by atoms with E-state index in [4.69, 9.17) is 16.6 Å². The number of carboxylic acid groups (broad SMARTS) is 2. The van der Waals surface area contributed by atoms with E-state index in [1.807, 2.05) is 24.3 Å². The van der Waals surface area contributed by atoms with Gasteiger partial charge in [0.15, 0.2) is 0 Å². The van der Waals surface area contributed by atoms with E-state index >= 15 is 0 Å². The monoisotopic (exact) mass is 560 g/mol. The number of para-hydroxylation sites is 1. The Morgan fingerprint density at radius 2 is 1.60 bits per heavy atom. The number of nitrogens with two attached hydrogens (primary N) is 2. The summed E-state index contributed by atoms with van der Waals surface area (Å²) in [5.41, 5.74) is 13.1. The van der Waals surface area contributed by atoms with E-state index < -0.39 is 84.9 Å². The quantitative estimate of drug-likeness (QED) is 0.130. The third-order valence-corrected chi connectivity index (χ3v) is 6.54. The van der Waals surface area contributed by atoms with Crippen LogP contribution < -0.4 is 27.4 Å². The van der Waals surface area contributed by atoms with Crippen molar-refractivity contribution in [2.75, 3.05) is 0 Å². The number of aromatic nitrogens is 1. The lowest BCUT2D eigenvalue weighted by molar-refractivity contribution is -0.143. The molecule has 0 bridgehead atoms. The molecule has 14 heteroatoms. The molecule has 0 saturated carbocycles. The van der Waals surface area contributed by atoms with E-state index in [0.29, 0.717) is 6.42 Å². The van der Waals surface area contributed by atoms with E-state index in [-0.39, 0.29) is 6.42 Å². The molecule has 1 aromatic carbocycles. The molecule has 1 heterocycles. The molecule has 0 aliphatic heterocycles. The summed E-state index contributed by atoms with van der Waals surface area (Å²) in [5, 5.41) is 26.2. The molecule has 0 saturated heterocycles. The minimum atomic E-state index is -1.58. The molecule has 0 aliphatic rings. The summed E-state index contributed by atoms with van der Waals surface area (Å²) in [6.45, 7) is 3.49. The van der Waals surface area contributed by atoms with E-state index in [2.05, 4.69) is 20.9 Å². The fraction of sp³-hybridized carbons (Fsp3) is 0.462. The summed E-state index contributed by atoms with van der Waals surface area (Å²) >= 11 is 0. The van der Waals surface area contributed by atoms with Crippen molar-refractivity contribution in [3.8, 4) is 0 Å². The van der Waals surface area contributed by atoms with E-state index in [9.17, 15) is 33.9 Å². The fourth-order valence-corrected chi connectivity index (χ4v) is 4.06. The largest absolute Gasteiger partial charge is 0.481 e. The number of carbonyl (C=O) groups excluding carboxylic acids is 4. The Morgan fingerprint density at radius 1 is 0.950 bits per heavy atom. The molecule has 0 fully saturated rings. The summed E-state index contributed by atoms with van der Waals surface area (Å²) in [5.74, 6) is -6.59. The third kappa shape index (κ3) is 9.08. The highest BCUT2D eigenvalue weighted by atomic mass is 16.4. The van der Waals surface area contributed by atoms with Crippen LogP contribution in [0.1, 0.15) is 45.1 Å². The number of carboxylic acids is 2. The van der Waals surface area contributed by atoms with Crippen LogP contribution in [0.4, 0.5) is 0 Å². The molecule has 0 radical (unpaired) electrons. The lowest BCUT2D eigenvalue weighted by Gasteiger charge is -2.27. The highest BCUT2D eigenvalue weighted by Gasteiger charge is 2.33. The smallest absolute Gasteiger partial charge is 0.326 e. The average molecular weight is 561 g/mol. The first kappa shape index (κ1) is 31.8. The maximum atomic E-state index is 13.2. The van der Waals surface area contributed by atoms with E-state index in [1.54, 1.807) is 20.0 Å². The Bertz CT molecular complexity index is 1240. The van der Waals surface area contributed by atoms with Crippen LogP contribution in [-0.2, 0) is 35.2 Å². The van der Waals surface area contributed by atoms with Gasteiger partial charge in [-0.15, -0.1) is 0 Å². The molecule has 0 spiro atoms. The van der Waals surface area contributed by atoms with E-state index in [1.165, 1.54) is 0 Å². The number of hydrogen-bond acceptors (Lipinski definition) is 7. The number of benzene rings is 1. The number of fused-ring (bicyclic) bond motifs is 1. The molecule has 40 heavy (non-hydrogen) atoms. The topological polar surface area (TPSA) is 247 Å². The van der Waals surface area contributed by atoms with Crippen LogP contribution in [0.2, 0.25) is 0 Å². The van der Waals surface area contributed by atoms with Crippen LogP contribution in [0.5, 0.6) is 0 Å². The molecule has 1 aromatic heterocycles. The van der Waals surface area contributed by atoms with Crippen molar-refractivity contribution in [1.82, 2.24) is 20.9 Å². The maximum absolute atomic E-state index is 13.2. The van der Waals surface area contributed by atoms with Crippen LogP contribution in [0, 0.1) is 5.92 Å². The zero-order chi connectivity index (χ0) is 30.0. The van der Waals surface area contributed by atoms with Crippen LogP contribution in [0.25, 0.3) is 10.9 Å². The Kier molecular flexibility index (Phi) is 11.6. The number of nitrogens with one attached hydrogen (secondary N) is 4. The predicted molar refractivity (Wildman–Crippen MR) is 144 cm³/mol. The molecule has 0 aliphatic carbocycles. The number of aliphatic carboxylic acids is 2. The van der Waals surface area contributed by atoms with Gasteiger partial charge in [0.1, 0.15) is 18.1 Å². The van der Waals surface area contributed by atoms with Crippen molar-refractivity contribution in [1.29, 1.82) is 0 Å². The number of amides is 4. The Morgan fingerprint density at radius 3 is 2.20 bits per heavy atom. The molecule has 10 N–H and O–H groups in total. The van der Waals surface area contributed by atoms with Crippen LogP contribution in [0.15, 0.2) is 30.5 Å². The molecule has 2 aromatic rings. The minimum absolute atomic E-state index is 0.185. The van der Waals surface area contributed by atoms with Crippen LogP contribution >= 0.6 is 0 Å². The van der Waals surface area contributed by atoms with Crippen molar-refractivity contribution in [2.45, 2.75) is 70.1 Å². The SMILES string of the molecule is CCC(C)C(NC(=O)C(N)Cc1c[nH]c2ccccc12)C(=O)NC(CC(N)=O)C(=O)NC(CCC(=O)O)C(=O)O. The van der Waals surface area contributed by atoms with Crippen molar-refractivity contribution >= 4 is 46.5 Å². The molecular weight excluding hydrogens is 524 g/mol. The Balaban J connectivity index is 2.15. The highest BCUT2D eigenvalue weighted by molar-refractivity contribution is 5.96. The number of carbonyl (C=O) groups is 6. The van der Waals surface area contributed by atoms with Gasteiger partial charge in [0.05, 0.1) is 12.5 Å². The standard InChI is InChI=1S/C26H36N6O8/c1-3-13(2)22(32-23(36)16(27)10-14-12-29-17-7-5-4-6-15(14)17)25(38)31-19(11-20(28)33)24(37)30-18(26(39)40)8-9-21(34)35/h4-7,12-13,16,18-19,22,29H,3,8-11,27H2,1-2H3,(H2,28,33)(H,30,37)(H,31,38)(H,32,36)(H,34,35)(H,39,40). The summed E-state index contributed by atoms with van der Waals surface area (Å²) < 4.78 is 0. The van der Waals surface area contributed by atoms with Gasteiger partial charge in [-0.1, -0.05) is 38.5 Å². The fourth-order valence-electron chi connectivity index (χ4n) is 4.06. The van der Waals surface area contributed by atoms with Gasteiger partial charge < -0.3 is 42.6 Å². The third-order valence-electron chi connectivity index (χ3n) is 6.54. The first-order valence-electron chi connectivity index (χ1n) is 12.8. The number of aromatic amines is 1. The lowest BCUT2D eigenvalue weighted by atomic mass is 9.96. The first-order valence-corrected chi connectivity index (χ1v) is 12.8. The zero-order valence-electron chi connectivity index (χ0n) is 22.3. The Labute approximate surface area is 230 Å². The van der Waals surface area contributed by atoms with Crippen LogP contribution in [-0.4, -0.2) is 74.9 Å². The summed E-state index contributed by atoms with van der Waals surface area (Å²) in [6.07, 6.45) is 0.774.